The molecule has 0 radical (unpaired) electrons. The van der Waals surface area contributed by atoms with Gasteiger partial charge in [-0.2, -0.15) is 4.31 Å². The van der Waals surface area contributed by atoms with Crippen molar-refractivity contribution in [2.75, 3.05) is 13.1 Å². The molecule has 116 valence electrons. The summed E-state index contributed by atoms with van der Waals surface area (Å²) in [5, 5.41) is 0. The second-order valence-electron chi connectivity index (χ2n) is 5.17. The molecular weight excluding hydrogens is 292 g/mol. The summed E-state index contributed by atoms with van der Waals surface area (Å²) >= 11 is 0. The lowest BCUT2D eigenvalue weighted by Gasteiger charge is -2.31. The Kier molecular flexibility index (Phi) is 4.92. The van der Waals surface area contributed by atoms with E-state index < -0.39 is 10.0 Å². The molecule has 8 heteroatoms. The molecule has 1 fully saturated rings. The molecule has 0 saturated carbocycles. The highest BCUT2D eigenvalue weighted by atomic mass is 32.2. The van der Waals surface area contributed by atoms with Crippen molar-refractivity contribution in [1.29, 1.82) is 0 Å². The van der Waals surface area contributed by atoms with Gasteiger partial charge in [0.15, 0.2) is 0 Å². The Hall–Kier alpha value is -1.51. The van der Waals surface area contributed by atoms with Gasteiger partial charge in [-0.1, -0.05) is 0 Å². The number of carbonyl (C=O) groups is 1. The highest BCUT2D eigenvalue weighted by Gasteiger charge is 2.31. The van der Waals surface area contributed by atoms with E-state index >= 15 is 0 Å². The van der Waals surface area contributed by atoms with Gasteiger partial charge in [0.2, 0.25) is 15.9 Å². The van der Waals surface area contributed by atoms with Crippen LogP contribution in [0.5, 0.6) is 0 Å². The lowest BCUT2D eigenvalue weighted by Crippen LogP contribution is -2.39. The molecule has 2 rings (SSSR count). The molecule has 1 saturated heterocycles. The van der Waals surface area contributed by atoms with Gasteiger partial charge in [-0.15, -0.1) is 0 Å². The van der Waals surface area contributed by atoms with Crippen molar-refractivity contribution in [3.8, 4) is 0 Å². The first-order valence-corrected chi connectivity index (χ1v) is 8.31. The molecule has 4 N–H and O–H groups in total. The summed E-state index contributed by atoms with van der Waals surface area (Å²) < 4.78 is 26.7. The van der Waals surface area contributed by atoms with Gasteiger partial charge in [0, 0.05) is 32.3 Å². The van der Waals surface area contributed by atoms with Crippen molar-refractivity contribution >= 4 is 15.9 Å². The van der Waals surface area contributed by atoms with E-state index in [1.807, 2.05) is 0 Å². The van der Waals surface area contributed by atoms with E-state index in [-0.39, 0.29) is 23.3 Å². The fourth-order valence-electron chi connectivity index (χ4n) is 2.59. The maximum absolute atomic E-state index is 12.6. The number of hydrogen-bond acceptors (Lipinski definition) is 5. The van der Waals surface area contributed by atoms with E-state index in [9.17, 15) is 13.2 Å². The van der Waals surface area contributed by atoms with Gasteiger partial charge >= 0.3 is 0 Å². The molecule has 1 amide bonds. The zero-order chi connectivity index (χ0) is 15.5. The molecule has 0 aromatic carbocycles. The lowest BCUT2D eigenvalue weighted by molar-refractivity contribution is -0.119. The highest BCUT2D eigenvalue weighted by Crippen LogP contribution is 2.26. The van der Waals surface area contributed by atoms with Crippen molar-refractivity contribution in [3.05, 3.63) is 24.0 Å². The predicted molar refractivity (Wildman–Crippen MR) is 77.4 cm³/mol. The monoisotopic (exact) mass is 312 g/mol. The summed E-state index contributed by atoms with van der Waals surface area (Å²) in [6, 6.07) is 3.12. The van der Waals surface area contributed by atoms with Crippen LogP contribution in [0.3, 0.4) is 0 Å². The predicted octanol–water partition coefficient (Wildman–Crippen LogP) is -0.184. The number of pyridine rings is 1. The largest absolute Gasteiger partial charge is 0.370 e. The molecule has 0 bridgehead atoms. The van der Waals surface area contributed by atoms with E-state index in [0.29, 0.717) is 38.0 Å². The Morgan fingerprint density at radius 1 is 1.38 bits per heavy atom. The van der Waals surface area contributed by atoms with Crippen LogP contribution in [0, 0.1) is 5.92 Å². The SMILES string of the molecule is NCc1ncccc1S(=O)(=O)N1CCC(CC(N)=O)CC1. The Bertz CT molecular complexity index is 610. The number of amides is 1. The van der Waals surface area contributed by atoms with Crippen LogP contribution in [-0.4, -0.2) is 36.7 Å². The first-order chi connectivity index (χ1) is 9.95. The molecule has 1 aliphatic heterocycles. The average Bonchev–Trinajstić information content (AvgIpc) is 2.47. The van der Waals surface area contributed by atoms with Crippen molar-refractivity contribution in [3.63, 3.8) is 0 Å². The minimum Gasteiger partial charge on any atom is -0.370 e. The lowest BCUT2D eigenvalue weighted by atomic mass is 9.94. The van der Waals surface area contributed by atoms with Crippen LogP contribution >= 0.6 is 0 Å². The van der Waals surface area contributed by atoms with Crippen LogP contribution in [0.15, 0.2) is 23.2 Å². The van der Waals surface area contributed by atoms with Crippen LogP contribution in [0.4, 0.5) is 0 Å². The summed E-state index contributed by atoms with van der Waals surface area (Å²) in [6.45, 7) is 0.853. The molecular formula is C13H20N4O3S. The highest BCUT2D eigenvalue weighted by molar-refractivity contribution is 7.89. The van der Waals surface area contributed by atoms with Crippen molar-refractivity contribution in [2.45, 2.75) is 30.7 Å². The van der Waals surface area contributed by atoms with Crippen molar-refractivity contribution in [1.82, 2.24) is 9.29 Å². The van der Waals surface area contributed by atoms with E-state index in [4.69, 9.17) is 11.5 Å². The number of aromatic nitrogens is 1. The summed E-state index contributed by atoms with van der Waals surface area (Å²) in [5.74, 6) is -0.175. The van der Waals surface area contributed by atoms with Gasteiger partial charge in [0.25, 0.3) is 0 Å². The Morgan fingerprint density at radius 2 is 2.05 bits per heavy atom. The number of nitrogens with zero attached hydrogens (tertiary/aromatic N) is 2. The topological polar surface area (TPSA) is 119 Å². The summed E-state index contributed by atoms with van der Waals surface area (Å²) in [6.07, 6.45) is 3.12. The third kappa shape index (κ3) is 3.58. The third-order valence-corrected chi connectivity index (χ3v) is 5.70. The number of hydrogen-bond donors (Lipinski definition) is 2. The molecule has 1 aromatic rings. The zero-order valence-corrected chi connectivity index (χ0v) is 12.6. The van der Waals surface area contributed by atoms with Crippen LogP contribution in [0.1, 0.15) is 25.0 Å². The second kappa shape index (κ2) is 6.50. The first-order valence-electron chi connectivity index (χ1n) is 6.87. The van der Waals surface area contributed by atoms with Gasteiger partial charge in [0.1, 0.15) is 4.90 Å². The van der Waals surface area contributed by atoms with Crippen LogP contribution < -0.4 is 11.5 Å². The van der Waals surface area contributed by atoms with Crippen molar-refractivity contribution < 1.29 is 13.2 Å². The van der Waals surface area contributed by atoms with Crippen molar-refractivity contribution in [2.24, 2.45) is 17.4 Å². The molecule has 0 atom stereocenters. The van der Waals surface area contributed by atoms with Gasteiger partial charge in [-0.3, -0.25) is 9.78 Å². The maximum Gasteiger partial charge on any atom is 0.244 e. The maximum atomic E-state index is 12.6. The van der Waals surface area contributed by atoms with Crippen LogP contribution in [-0.2, 0) is 21.4 Å². The Labute approximate surface area is 124 Å². The van der Waals surface area contributed by atoms with Gasteiger partial charge < -0.3 is 11.5 Å². The zero-order valence-electron chi connectivity index (χ0n) is 11.7. The molecule has 21 heavy (non-hydrogen) atoms. The standard InChI is InChI=1S/C13H20N4O3S/c14-9-11-12(2-1-5-16-11)21(19,20)17-6-3-10(4-7-17)8-13(15)18/h1-2,5,10H,3-4,6-9,14H2,(H2,15,18). The van der Waals surface area contributed by atoms with E-state index in [1.165, 1.54) is 16.6 Å². The second-order valence-corrected chi connectivity index (χ2v) is 7.08. The molecule has 2 heterocycles. The number of piperidine rings is 1. The number of nitrogens with two attached hydrogens (primary N) is 2. The Balaban J connectivity index is 2.13. The minimum absolute atomic E-state index is 0.0769. The van der Waals surface area contributed by atoms with Gasteiger partial charge in [-0.05, 0) is 30.9 Å². The van der Waals surface area contributed by atoms with E-state index in [2.05, 4.69) is 4.98 Å². The molecule has 0 spiro atoms. The summed E-state index contributed by atoms with van der Waals surface area (Å²) in [7, 11) is -3.58. The quantitative estimate of drug-likeness (QED) is 0.781. The third-order valence-electron chi connectivity index (χ3n) is 3.72. The number of sulfonamides is 1. The number of primary amides is 1. The van der Waals surface area contributed by atoms with Crippen LogP contribution in [0.2, 0.25) is 0 Å². The summed E-state index contributed by atoms with van der Waals surface area (Å²) in [4.78, 5) is 15.1. The van der Waals surface area contributed by atoms with Crippen LogP contribution in [0.25, 0.3) is 0 Å². The molecule has 0 unspecified atom stereocenters. The summed E-state index contributed by atoms with van der Waals surface area (Å²) in [5.41, 5.74) is 11.1. The molecule has 1 aliphatic rings. The smallest absolute Gasteiger partial charge is 0.244 e. The fraction of sp³-hybridized carbons (Fsp3) is 0.538. The number of rotatable bonds is 5. The minimum atomic E-state index is -3.58. The van der Waals surface area contributed by atoms with Gasteiger partial charge in [0.05, 0.1) is 5.69 Å². The first kappa shape index (κ1) is 15.9. The normalized spacial score (nSPS) is 17.8. The average molecular weight is 312 g/mol. The number of carbonyl (C=O) groups excluding carboxylic acids is 1. The van der Waals surface area contributed by atoms with E-state index in [1.54, 1.807) is 6.07 Å². The Morgan fingerprint density at radius 3 is 2.62 bits per heavy atom. The fourth-order valence-corrected chi connectivity index (χ4v) is 4.24. The molecule has 7 nitrogen and oxygen atoms in total. The molecule has 0 aliphatic carbocycles. The molecule has 1 aromatic heterocycles. The van der Waals surface area contributed by atoms with E-state index in [0.717, 1.165) is 0 Å². The van der Waals surface area contributed by atoms with Gasteiger partial charge in [-0.25, -0.2) is 8.42 Å².